The highest BCUT2D eigenvalue weighted by Crippen LogP contribution is 2.24. The molecule has 0 saturated carbocycles. The van der Waals surface area contributed by atoms with Crippen LogP contribution in [0.5, 0.6) is 0 Å². The molecule has 0 aromatic heterocycles. The Morgan fingerprint density at radius 3 is 2.30 bits per heavy atom. The highest BCUT2D eigenvalue weighted by molar-refractivity contribution is 5.85. The van der Waals surface area contributed by atoms with Crippen LogP contribution in [0.15, 0.2) is 24.3 Å². The van der Waals surface area contributed by atoms with E-state index in [-0.39, 0.29) is 30.3 Å². The predicted octanol–water partition coefficient (Wildman–Crippen LogP) is 3.57. The van der Waals surface area contributed by atoms with E-state index in [2.05, 4.69) is 31.2 Å². The molecule has 1 fully saturated rings. The first kappa shape index (κ1) is 20.0. The molecule has 1 aliphatic rings. The number of amides is 1. The molecule has 3 nitrogen and oxygen atoms in total. The monoisotopic (exact) mass is 338 g/mol. The highest BCUT2D eigenvalue weighted by atomic mass is 35.5. The summed E-state index contributed by atoms with van der Waals surface area (Å²) in [6.45, 7) is 7.77. The zero-order valence-corrected chi connectivity index (χ0v) is 15.4. The molecule has 1 aromatic rings. The maximum Gasteiger partial charge on any atom is 0.226 e. The summed E-state index contributed by atoms with van der Waals surface area (Å²) >= 11 is 0. The van der Waals surface area contributed by atoms with Crippen LogP contribution in [0, 0.1) is 18.8 Å². The van der Waals surface area contributed by atoms with Crippen LogP contribution < -0.4 is 5.73 Å². The lowest BCUT2D eigenvalue weighted by atomic mass is 9.89. The number of piperidine rings is 1. The molecule has 0 spiro atoms. The Bertz CT molecular complexity index is 479. The first-order chi connectivity index (χ1) is 10.5. The fourth-order valence-corrected chi connectivity index (χ4v) is 3.08. The van der Waals surface area contributed by atoms with Crippen LogP contribution in [0.4, 0.5) is 0 Å². The number of halogens is 1. The summed E-state index contributed by atoms with van der Waals surface area (Å²) in [7, 11) is 0. The molecule has 130 valence electrons. The van der Waals surface area contributed by atoms with E-state index in [1.54, 1.807) is 0 Å². The average Bonchev–Trinajstić information content (AvgIpc) is 2.53. The molecule has 1 heterocycles. The molecule has 2 unspecified atom stereocenters. The van der Waals surface area contributed by atoms with Gasteiger partial charge in [0, 0.05) is 19.1 Å². The van der Waals surface area contributed by atoms with Gasteiger partial charge in [0.05, 0.1) is 5.92 Å². The molecule has 1 aliphatic heterocycles. The molecule has 0 radical (unpaired) electrons. The number of likely N-dealkylation sites (tertiary alicyclic amines) is 1. The van der Waals surface area contributed by atoms with E-state index < -0.39 is 0 Å². The Kier molecular flexibility index (Phi) is 8.07. The van der Waals surface area contributed by atoms with Crippen molar-refractivity contribution in [3.8, 4) is 0 Å². The van der Waals surface area contributed by atoms with Crippen LogP contribution in [0.2, 0.25) is 0 Å². The van der Waals surface area contributed by atoms with Gasteiger partial charge in [0.25, 0.3) is 0 Å². The smallest absolute Gasteiger partial charge is 0.226 e. The van der Waals surface area contributed by atoms with Gasteiger partial charge in [-0.2, -0.15) is 0 Å². The fraction of sp³-hybridized carbons (Fsp3) is 0.632. The first-order valence-electron chi connectivity index (χ1n) is 8.57. The minimum absolute atomic E-state index is 0. The fourth-order valence-electron chi connectivity index (χ4n) is 3.08. The molecule has 2 rings (SSSR count). The zero-order valence-electron chi connectivity index (χ0n) is 14.6. The summed E-state index contributed by atoms with van der Waals surface area (Å²) in [5.41, 5.74) is 8.59. The molecule has 1 saturated heterocycles. The van der Waals surface area contributed by atoms with Gasteiger partial charge >= 0.3 is 0 Å². The lowest BCUT2D eigenvalue weighted by molar-refractivity contribution is -0.136. The molecule has 2 N–H and O–H groups in total. The van der Waals surface area contributed by atoms with Gasteiger partial charge in [0.2, 0.25) is 5.91 Å². The number of hydrogen-bond acceptors (Lipinski definition) is 2. The second kappa shape index (κ2) is 9.29. The van der Waals surface area contributed by atoms with Gasteiger partial charge in [0.1, 0.15) is 0 Å². The molecule has 1 amide bonds. The van der Waals surface area contributed by atoms with E-state index >= 15 is 0 Å². The Hall–Kier alpha value is -1.06. The van der Waals surface area contributed by atoms with Crippen molar-refractivity contribution in [3.05, 3.63) is 35.4 Å². The zero-order chi connectivity index (χ0) is 16.1. The number of rotatable bonds is 5. The number of carbonyl (C=O) groups excluding carboxylic acids is 1. The number of aryl methyl sites for hydroxylation is 2. The van der Waals surface area contributed by atoms with Crippen LogP contribution in [0.25, 0.3) is 0 Å². The molecule has 0 aliphatic carbocycles. The second-order valence-electron chi connectivity index (χ2n) is 6.94. The molecule has 2 atom stereocenters. The Labute approximate surface area is 147 Å². The highest BCUT2D eigenvalue weighted by Gasteiger charge is 2.27. The Morgan fingerprint density at radius 2 is 1.78 bits per heavy atom. The number of hydrogen-bond donors (Lipinski definition) is 1. The SMILES string of the molecule is Cc1ccc(CCC2CCN(C(=O)C(C)C(C)N)CC2)cc1.Cl. The van der Waals surface area contributed by atoms with Crippen molar-refractivity contribution >= 4 is 18.3 Å². The van der Waals surface area contributed by atoms with Gasteiger partial charge in [-0.15, -0.1) is 12.4 Å². The van der Waals surface area contributed by atoms with Gasteiger partial charge in [0.15, 0.2) is 0 Å². The Balaban J connectivity index is 0.00000264. The number of nitrogens with zero attached hydrogens (tertiary/aromatic N) is 1. The van der Waals surface area contributed by atoms with E-state index in [1.807, 2.05) is 18.7 Å². The van der Waals surface area contributed by atoms with Crippen LogP contribution >= 0.6 is 12.4 Å². The largest absolute Gasteiger partial charge is 0.342 e. The van der Waals surface area contributed by atoms with Crippen LogP contribution in [-0.4, -0.2) is 29.9 Å². The number of benzene rings is 1. The topological polar surface area (TPSA) is 46.3 Å². The van der Waals surface area contributed by atoms with Crippen molar-refractivity contribution in [2.75, 3.05) is 13.1 Å². The van der Waals surface area contributed by atoms with E-state index in [0.29, 0.717) is 0 Å². The van der Waals surface area contributed by atoms with Crippen molar-refractivity contribution in [2.45, 2.75) is 52.5 Å². The van der Waals surface area contributed by atoms with Crippen LogP contribution in [0.3, 0.4) is 0 Å². The molecule has 23 heavy (non-hydrogen) atoms. The van der Waals surface area contributed by atoms with Crippen LogP contribution in [-0.2, 0) is 11.2 Å². The summed E-state index contributed by atoms with van der Waals surface area (Å²) in [5, 5.41) is 0. The summed E-state index contributed by atoms with van der Waals surface area (Å²) in [5.74, 6) is 0.909. The molecular formula is C19H31ClN2O. The Morgan fingerprint density at radius 1 is 1.22 bits per heavy atom. The van der Waals surface area contributed by atoms with Crippen molar-refractivity contribution in [1.29, 1.82) is 0 Å². The van der Waals surface area contributed by atoms with Gasteiger partial charge in [-0.05, 0) is 51.0 Å². The number of carbonyl (C=O) groups is 1. The van der Waals surface area contributed by atoms with Gasteiger partial charge < -0.3 is 10.6 Å². The normalized spacial score (nSPS) is 18.2. The third-order valence-corrected chi connectivity index (χ3v) is 5.07. The van der Waals surface area contributed by atoms with Crippen molar-refractivity contribution in [3.63, 3.8) is 0 Å². The lowest BCUT2D eigenvalue weighted by Crippen LogP contribution is -2.45. The molecule has 0 bridgehead atoms. The maximum absolute atomic E-state index is 12.3. The quantitative estimate of drug-likeness (QED) is 0.892. The third-order valence-electron chi connectivity index (χ3n) is 5.07. The minimum atomic E-state index is -0.0656. The first-order valence-corrected chi connectivity index (χ1v) is 8.57. The predicted molar refractivity (Wildman–Crippen MR) is 98.9 cm³/mol. The van der Waals surface area contributed by atoms with E-state index in [1.165, 1.54) is 17.5 Å². The maximum atomic E-state index is 12.3. The number of nitrogens with two attached hydrogens (primary N) is 1. The van der Waals surface area contributed by atoms with E-state index in [0.717, 1.165) is 38.3 Å². The van der Waals surface area contributed by atoms with Gasteiger partial charge in [-0.25, -0.2) is 0 Å². The van der Waals surface area contributed by atoms with Crippen molar-refractivity contribution in [1.82, 2.24) is 4.90 Å². The van der Waals surface area contributed by atoms with Crippen LogP contribution in [0.1, 0.15) is 44.2 Å². The molecular weight excluding hydrogens is 308 g/mol. The third kappa shape index (κ3) is 5.82. The van der Waals surface area contributed by atoms with E-state index in [9.17, 15) is 4.79 Å². The standard InChI is InChI=1S/C19H30N2O.ClH/c1-14-4-6-17(7-5-14)8-9-18-10-12-21(13-11-18)19(22)15(2)16(3)20;/h4-7,15-16,18H,8-13,20H2,1-3H3;1H. The van der Waals surface area contributed by atoms with E-state index in [4.69, 9.17) is 5.73 Å². The minimum Gasteiger partial charge on any atom is -0.342 e. The van der Waals surface area contributed by atoms with Gasteiger partial charge in [-0.3, -0.25) is 4.79 Å². The summed E-state index contributed by atoms with van der Waals surface area (Å²) < 4.78 is 0. The second-order valence-corrected chi connectivity index (χ2v) is 6.94. The van der Waals surface area contributed by atoms with Crippen molar-refractivity contribution in [2.24, 2.45) is 17.6 Å². The summed E-state index contributed by atoms with van der Waals surface area (Å²) in [4.78, 5) is 14.3. The summed E-state index contributed by atoms with van der Waals surface area (Å²) in [6.07, 6.45) is 4.63. The average molecular weight is 339 g/mol. The van der Waals surface area contributed by atoms with Crippen molar-refractivity contribution < 1.29 is 4.79 Å². The lowest BCUT2D eigenvalue weighted by Gasteiger charge is -2.34. The molecule has 1 aromatic carbocycles. The summed E-state index contributed by atoms with van der Waals surface area (Å²) in [6, 6.07) is 8.78. The molecule has 4 heteroatoms. The van der Waals surface area contributed by atoms with Gasteiger partial charge in [-0.1, -0.05) is 36.8 Å².